The minimum absolute atomic E-state index is 0.106. The lowest BCUT2D eigenvalue weighted by Crippen LogP contribution is -2.44. The van der Waals surface area contributed by atoms with Gasteiger partial charge < -0.3 is 14.5 Å². The number of hydrogen-bond acceptors (Lipinski definition) is 5. The molecule has 0 saturated carbocycles. The minimum atomic E-state index is -4.56. The van der Waals surface area contributed by atoms with Crippen molar-refractivity contribution in [3.8, 4) is 0 Å². The molecule has 1 aliphatic rings. The van der Waals surface area contributed by atoms with Crippen LogP contribution in [0.3, 0.4) is 0 Å². The number of alkyl halides is 3. The number of carbonyl (C=O) groups is 1. The molecule has 0 spiro atoms. The third kappa shape index (κ3) is 5.59. The summed E-state index contributed by atoms with van der Waals surface area (Å²) in [5.41, 5.74) is -1.75. The molecule has 2 rings (SSSR count). The second-order valence-corrected chi connectivity index (χ2v) is 7.25. The van der Waals surface area contributed by atoms with Crippen molar-refractivity contribution >= 4 is 11.8 Å². The van der Waals surface area contributed by atoms with Crippen LogP contribution < -0.4 is 4.90 Å². The van der Waals surface area contributed by atoms with Gasteiger partial charge in [-0.3, -0.25) is 4.79 Å². The Morgan fingerprint density at radius 1 is 1.20 bits per heavy atom. The topological polar surface area (TPSA) is 45.7 Å². The molecule has 5 nitrogen and oxygen atoms in total. The van der Waals surface area contributed by atoms with Gasteiger partial charge in [0.05, 0.1) is 12.0 Å². The van der Waals surface area contributed by atoms with Gasteiger partial charge in [-0.05, 0) is 39.4 Å². The third-order valence-electron chi connectivity index (χ3n) is 3.86. The Kier molecular flexibility index (Phi) is 5.61. The molecule has 0 amide bonds. The van der Waals surface area contributed by atoms with Crippen LogP contribution in [0, 0.1) is 0 Å². The minimum Gasteiger partial charge on any atom is -0.460 e. The van der Waals surface area contributed by atoms with Crippen LogP contribution in [0.4, 0.5) is 19.0 Å². The molecule has 1 aliphatic heterocycles. The quantitative estimate of drug-likeness (QED) is 0.777. The summed E-state index contributed by atoms with van der Waals surface area (Å²) in [6, 6.07) is 1.36. The van der Waals surface area contributed by atoms with Crippen LogP contribution in [0.2, 0.25) is 0 Å². The van der Waals surface area contributed by atoms with E-state index in [1.54, 1.807) is 20.8 Å². The molecule has 0 aromatic carbocycles. The number of aromatic nitrogens is 1. The van der Waals surface area contributed by atoms with Gasteiger partial charge in [-0.25, -0.2) is 4.98 Å². The predicted molar refractivity (Wildman–Crippen MR) is 88.5 cm³/mol. The van der Waals surface area contributed by atoms with E-state index >= 15 is 0 Å². The number of rotatable bonds is 3. The van der Waals surface area contributed by atoms with Crippen LogP contribution in [0.1, 0.15) is 31.9 Å². The van der Waals surface area contributed by atoms with E-state index in [-0.39, 0.29) is 5.56 Å². The number of piperazine rings is 1. The third-order valence-corrected chi connectivity index (χ3v) is 3.86. The summed E-state index contributed by atoms with van der Waals surface area (Å²) < 4.78 is 44.9. The smallest absolute Gasteiger partial charge is 0.418 e. The zero-order chi connectivity index (χ0) is 18.8. The van der Waals surface area contributed by atoms with Crippen LogP contribution in [0.25, 0.3) is 0 Å². The number of anilines is 1. The van der Waals surface area contributed by atoms with Crippen molar-refractivity contribution in [2.75, 3.05) is 38.1 Å². The van der Waals surface area contributed by atoms with Gasteiger partial charge in [0.1, 0.15) is 11.4 Å². The molecule has 0 unspecified atom stereocenters. The number of nitrogens with zero attached hydrogens (tertiary/aromatic N) is 3. The van der Waals surface area contributed by atoms with Gasteiger partial charge in [0.15, 0.2) is 0 Å². The summed E-state index contributed by atoms with van der Waals surface area (Å²) in [5, 5.41) is 0. The van der Waals surface area contributed by atoms with Crippen LogP contribution >= 0.6 is 0 Å². The summed E-state index contributed by atoms with van der Waals surface area (Å²) in [6.07, 6.45) is -4.19. The second kappa shape index (κ2) is 7.19. The van der Waals surface area contributed by atoms with E-state index in [4.69, 9.17) is 4.74 Å². The van der Waals surface area contributed by atoms with E-state index < -0.39 is 29.7 Å². The molecule has 0 bridgehead atoms. The molecule has 1 aromatic rings. The van der Waals surface area contributed by atoms with Crippen molar-refractivity contribution in [2.24, 2.45) is 0 Å². The number of carbonyl (C=O) groups excluding carboxylic acids is 1. The normalized spacial score (nSPS) is 16.8. The Balaban J connectivity index is 2.27. The lowest BCUT2D eigenvalue weighted by Gasteiger charge is -2.33. The summed E-state index contributed by atoms with van der Waals surface area (Å²) in [4.78, 5) is 20.0. The fraction of sp³-hybridized carbons (Fsp3) is 0.647. The molecular formula is C17H24F3N3O2. The fourth-order valence-electron chi connectivity index (χ4n) is 2.63. The van der Waals surface area contributed by atoms with Crippen LogP contribution in [0.15, 0.2) is 12.3 Å². The first kappa shape index (κ1) is 19.5. The maximum Gasteiger partial charge on any atom is 0.418 e. The van der Waals surface area contributed by atoms with E-state index in [9.17, 15) is 18.0 Å². The van der Waals surface area contributed by atoms with Gasteiger partial charge in [0.2, 0.25) is 0 Å². The van der Waals surface area contributed by atoms with E-state index in [0.29, 0.717) is 18.9 Å². The van der Waals surface area contributed by atoms with Crippen molar-refractivity contribution in [3.05, 3.63) is 23.4 Å². The fourth-order valence-corrected chi connectivity index (χ4v) is 2.63. The van der Waals surface area contributed by atoms with Crippen molar-refractivity contribution < 1.29 is 22.7 Å². The molecule has 0 atom stereocenters. The molecule has 2 heterocycles. The summed E-state index contributed by atoms with van der Waals surface area (Å²) in [5.74, 6) is -0.229. The summed E-state index contributed by atoms with van der Waals surface area (Å²) in [7, 11) is 1.99. The predicted octanol–water partition coefficient (Wildman–Crippen LogP) is 2.74. The standard InChI is InChI=1S/C17H24F3N3O2/c1-16(2,3)25-15(24)10-12-9-14(21-11-13(12)17(18,19)20)23-7-5-22(4)6-8-23/h9,11H,5-8,10H2,1-4H3. The van der Waals surface area contributed by atoms with Gasteiger partial charge >= 0.3 is 12.1 Å². The van der Waals surface area contributed by atoms with E-state index in [2.05, 4.69) is 9.88 Å². The molecule has 0 aliphatic carbocycles. The molecule has 8 heteroatoms. The Labute approximate surface area is 145 Å². The highest BCUT2D eigenvalue weighted by Gasteiger charge is 2.35. The lowest BCUT2D eigenvalue weighted by atomic mass is 10.1. The number of likely N-dealkylation sites (N-methyl/N-ethyl adjacent to an activating group) is 1. The first-order chi connectivity index (χ1) is 11.5. The second-order valence-electron chi connectivity index (χ2n) is 7.25. The van der Waals surface area contributed by atoms with Gasteiger partial charge in [-0.1, -0.05) is 0 Å². The van der Waals surface area contributed by atoms with Crippen molar-refractivity contribution in [3.63, 3.8) is 0 Å². The molecule has 0 radical (unpaired) electrons. The van der Waals surface area contributed by atoms with E-state index in [0.717, 1.165) is 19.3 Å². The highest BCUT2D eigenvalue weighted by molar-refractivity contribution is 5.74. The number of pyridine rings is 1. The van der Waals surface area contributed by atoms with Crippen LogP contribution in [-0.2, 0) is 22.1 Å². The number of ether oxygens (including phenoxy) is 1. The molecule has 1 fully saturated rings. The molecular weight excluding hydrogens is 335 g/mol. The van der Waals surface area contributed by atoms with Gasteiger partial charge in [0, 0.05) is 32.4 Å². The maximum absolute atomic E-state index is 13.2. The van der Waals surface area contributed by atoms with Crippen molar-refractivity contribution in [1.29, 1.82) is 0 Å². The Bertz CT molecular complexity index is 619. The number of esters is 1. The van der Waals surface area contributed by atoms with Crippen molar-refractivity contribution in [1.82, 2.24) is 9.88 Å². The highest BCUT2D eigenvalue weighted by Crippen LogP contribution is 2.33. The van der Waals surface area contributed by atoms with Crippen LogP contribution in [0.5, 0.6) is 0 Å². The Hall–Kier alpha value is -1.83. The number of hydrogen-bond donors (Lipinski definition) is 0. The Morgan fingerprint density at radius 2 is 1.80 bits per heavy atom. The first-order valence-electron chi connectivity index (χ1n) is 8.17. The van der Waals surface area contributed by atoms with Gasteiger partial charge in [-0.2, -0.15) is 13.2 Å². The first-order valence-corrected chi connectivity index (χ1v) is 8.17. The van der Waals surface area contributed by atoms with Gasteiger partial charge in [-0.15, -0.1) is 0 Å². The molecule has 1 saturated heterocycles. The molecule has 0 N–H and O–H groups in total. The molecule has 1 aromatic heterocycles. The maximum atomic E-state index is 13.2. The van der Waals surface area contributed by atoms with E-state index in [1.807, 2.05) is 11.9 Å². The van der Waals surface area contributed by atoms with Crippen molar-refractivity contribution in [2.45, 2.75) is 39.0 Å². The average Bonchev–Trinajstić information content (AvgIpc) is 2.44. The number of halogens is 3. The highest BCUT2D eigenvalue weighted by atomic mass is 19.4. The molecule has 25 heavy (non-hydrogen) atoms. The average molecular weight is 359 g/mol. The lowest BCUT2D eigenvalue weighted by molar-refractivity contribution is -0.154. The van der Waals surface area contributed by atoms with E-state index in [1.165, 1.54) is 6.07 Å². The zero-order valence-electron chi connectivity index (χ0n) is 15.0. The summed E-state index contributed by atoms with van der Waals surface area (Å²) in [6.45, 7) is 8.02. The summed E-state index contributed by atoms with van der Waals surface area (Å²) >= 11 is 0. The Morgan fingerprint density at radius 3 is 2.32 bits per heavy atom. The largest absolute Gasteiger partial charge is 0.460 e. The zero-order valence-corrected chi connectivity index (χ0v) is 15.0. The monoisotopic (exact) mass is 359 g/mol. The van der Waals surface area contributed by atoms with Crippen LogP contribution in [-0.4, -0.2) is 54.7 Å². The SMILES string of the molecule is CN1CCN(c2cc(CC(=O)OC(C)(C)C)c(C(F)(F)F)cn2)CC1. The van der Waals surface area contributed by atoms with Gasteiger partial charge in [0.25, 0.3) is 0 Å². The molecule has 140 valence electrons.